The highest BCUT2D eigenvalue weighted by Gasteiger charge is 2.34. The first-order valence-electron chi connectivity index (χ1n) is 6.16. The fourth-order valence-electron chi connectivity index (χ4n) is 2.19. The number of halogens is 1. The van der Waals surface area contributed by atoms with Crippen molar-refractivity contribution in [1.82, 2.24) is 4.72 Å². The van der Waals surface area contributed by atoms with Gasteiger partial charge in [-0.3, -0.25) is 4.79 Å². The molecule has 1 N–H and O–H groups in total. The zero-order chi connectivity index (χ0) is 15.0. The van der Waals surface area contributed by atoms with E-state index in [4.69, 9.17) is 11.6 Å². The van der Waals surface area contributed by atoms with E-state index in [9.17, 15) is 13.2 Å². The number of anilines is 1. The van der Waals surface area contributed by atoms with Crippen LogP contribution in [0.2, 0.25) is 5.02 Å². The molecular formula is C14H11ClN2O3S. The van der Waals surface area contributed by atoms with Crippen LogP contribution in [0.25, 0.3) is 0 Å². The Balaban J connectivity index is 2.10. The van der Waals surface area contributed by atoms with Crippen molar-refractivity contribution in [3.05, 3.63) is 64.7 Å². The average Bonchev–Trinajstić information content (AvgIpc) is 2.45. The van der Waals surface area contributed by atoms with Crippen LogP contribution >= 0.6 is 11.6 Å². The van der Waals surface area contributed by atoms with Gasteiger partial charge in [-0.15, -0.1) is 0 Å². The lowest BCUT2D eigenvalue weighted by molar-refractivity contribution is 0.0979. The van der Waals surface area contributed by atoms with Crippen molar-refractivity contribution >= 4 is 33.4 Å². The van der Waals surface area contributed by atoms with Gasteiger partial charge in [0.1, 0.15) is 0 Å². The molecule has 0 bridgehead atoms. The maximum absolute atomic E-state index is 12.2. The molecule has 0 saturated heterocycles. The molecule has 5 nitrogen and oxygen atoms in total. The molecule has 3 rings (SSSR count). The molecule has 0 atom stereocenters. The molecule has 1 aliphatic heterocycles. The highest BCUT2D eigenvalue weighted by molar-refractivity contribution is 7.91. The average molecular weight is 323 g/mol. The third-order valence-electron chi connectivity index (χ3n) is 3.20. The second-order valence-corrected chi connectivity index (χ2v) is 6.55. The molecule has 0 aliphatic carbocycles. The zero-order valence-electron chi connectivity index (χ0n) is 10.8. The largest absolute Gasteiger partial charge is 0.326 e. The minimum atomic E-state index is -3.93. The van der Waals surface area contributed by atoms with E-state index in [0.29, 0.717) is 21.8 Å². The lowest BCUT2D eigenvalue weighted by Gasteiger charge is -2.30. The van der Waals surface area contributed by atoms with Crippen LogP contribution in [-0.2, 0) is 16.8 Å². The van der Waals surface area contributed by atoms with Crippen molar-refractivity contribution in [3.8, 4) is 0 Å². The number of rotatable bonds is 2. The smallest absolute Gasteiger partial charge is 0.268 e. The quantitative estimate of drug-likeness (QED) is 0.922. The van der Waals surface area contributed by atoms with Gasteiger partial charge >= 0.3 is 10.2 Å². The van der Waals surface area contributed by atoms with Crippen LogP contribution in [0.4, 0.5) is 5.69 Å². The van der Waals surface area contributed by atoms with Gasteiger partial charge in [-0.1, -0.05) is 41.9 Å². The minimum absolute atomic E-state index is 0.0549. The van der Waals surface area contributed by atoms with Gasteiger partial charge in [0.25, 0.3) is 5.91 Å². The summed E-state index contributed by atoms with van der Waals surface area (Å²) >= 11 is 6.08. The van der Waals surface area contributed by atoms with E-state index in [1.54, 1.807) is 48.5 Å². The van der Waals surface area contributed by atoms with Crippen LogP contribution in [0, 0.1) is 0 Å². The van der Waals surface area contributed by atoms with E-state index in [1.165, 1.54) is 0 Å². The number of carbonyl (C=O) groups is 1. The molecule has 0 radical (unpaired) electrons. The summed E-state index contributed by atoms with van der Waals surface area (Å²) in [5.74, 6) is -0.624. The third-order valence-corrected chi connectivity index (χ3v) is 4.92. The Morgan fingerprint density at radius 1 is 1.05 bits per heavy atom. The first-order chi connectivity index (χ1) is 9.99. The highest BCUT2D eigenvalue weighted by Crippen LogP contribution is 2.30. The lowest BCUT2D eigenvalue weighted by Crippen LogP contribution is -2.48. The number of hydrogen-bond donors (Lipinski definition) is 1. The number of hydrogen-bond acceptors (Lipinski definition) is 3. The Bertz CT molecular complexity index is 820. The molecular weight excluding hydrogens is 312 g/mol. The number of para-hydroxylation sites is 1. The molecule has 0 spiro atoms. The van der Waals surface area contributed by atoms with E-state index in [1.807, 2.05) is 4.72 Å². The van der Waals surface area contributed by atoms with Crippen molar-refractivity contribution < 1.29 is 13.2 Å². The molecule has 0 aromatic heterocycles. The number of amides is 1. The van der Waals surface area contributed by atoms with Crippen molar-refractivity contribution in [1.29, 1.82) is 0 Å². The Hall–Kier alpha value is -2.05. The van der Waals surface area contributed by atoms with Gasteiger partial charge in [-0.05, 0) is 23.8 Å². The van der Waals surface area contributed by atoms with Gasteiger partial charge in [-0.25, -0.2) is 9.03 Å². The summed E-state index contributed by atoms with van der Waals surface area (Å²) in [5, 5.41) is 0.474. The molecule has 0 saturated carbocycles. The van der Waals surface area contributed by atoms with Crippen LogP contribution in [0.15, 0.2) is 48.5 Å². The second-order valence-electron chi connectivity index (χ2n) is 4.55. The number of carbonyl (C=O) groups excluding carboxylic acids is 1. The Labute approximate surface area is 127 Å². The normalized spacial score (nSPS) is 16.2. The van der Waals surface area contributed by atoms with Crippen LogP contribution < -0.4 is 9.03 Å². The number of nitrogens with one attached hydrogen (secondary N) is 1. The molecule has 0 unspecified atom stereocenters. The zero-order valence-corrected chi connectivity index (χ0v) is 12.4. The van der Waals surface area contributed by atoms with E-state index in [2.05, 4.69) is 0 Å². The monoisotopic (exact) mass is 322 g/mol. The van der Waals surface area contributed by atoms with Crippen LogP contribution in [-0.4, -0.2) is 14.3 Å². The standard InChI is InChI=1S/C14H11ClN2O3S/c15-12-7-3-1-5-10(12)9-17-13-8-4-2-6-11(13)14(18)16-21(17,19)20/h1-8H,9H2,(H,16,18). The number of nitrogens with zero attached hydrogens (tertiary/aromatic N) is 1. The summed E-state index contributed by atoms with van der Waals surface area (Å²) in [7, 11) is -3.93. The first-order valence-corrected chi connectivity index (χ1v) is 7.98. The summed E-state index contributed by atoms with van der Waals surface area (Å²) in [4.78, 5) is 11.8. The Morgan fingerprint density at radius 2 is 1.71 bits per heavy atom. The topological polar surface area (TPSA) is 66.5 Å². The van der Waals surface area contributed by atoms with Crippen molar-refractivity contribution in [2.45, 2.75) is 6.54 Å². The molecule has 2 aromatic carbocycles. The van der Waals surface area contributed by atoms with Crippen molar-refractivity contribution in [2.24, 2.45) is 0 Å². The summed E-state index contributed by atoms with van der Waals surface area (Å²) < 4.78 is 27.6. The van der Waals surface area contributed by atoms with E-state index < -0.39 is 16.1 Å². The fourth-order valence-corrected chi connectivity index (χ4v) is 3.57. The summed E-state index contributed by atoms with van der Waals surface area (Å²) in [6, 6.07) is 13.5. The van der Waals surface area contributed by atoms with Crippen molar-refractivity contribution in [2.75, 3.05) is 4.31 Å². The van der Waals surface area contributed by atoms with Crippen LogP contribution in [0.5, 0.6) is 0 Å². The molecule has 1 amide bonds. The SMILES string of the molecule is O=C1NS(=O)(=O)N(Cc2ccccc2Cl)c2ccccc21. The van der Waals surface area contributed by atoms with E-state index in [0.717, 1.165) is 4.31 Å². The Kier molecular flexibility index (Phi) is 3.35. The molecule has 7 heteroatoms. The van der Waals surface area contributed by atoms with Gasteiger partial charge in [0, 0.05) is 5.02 Å². The van der Waals surface area contributed by atoms with Gasteiger partial charge in [-0.2, -0.15) is 8.42 Å². The predicted molar refractivity (Wildman–Crippen MR) is 80.5 cm³/mol. The number of fused-ring (bicyclic) bond motifs is 1. The van der Waals surface area contributed by atoms with E-state index in [-0.39, 0.29) is 6.54 Å². The maximum Gasteiger partial charge on any atom is 0.326 e. The summed E-state index contributed by atoms with van der Waals surface area (Å²) in [5.41, 5.74) is 1.33. The maximum atomic E-state index is 12.2. The van der Waals surface area contributed by atoms with Crippen molar-refractivity contribution in [3.63, 3.8) is 0 Å². The molecule has 2 aromatic rings. The highest BCUT2D eigenvalue weighted by atomic mass is 35.5. The fraction of sp³-hybridized carbons (Fsp3) is 0.0714. The summed E-state index contributed by atoms with van der Waals surface area (Å²) in [6.07, 6.45) is 0. The minimum Gasteiger partial charge on any atom is -0.268 e. The van der Waals surface area contributed by atoms with Crippen LogP contribution in [0.3, 0.4) is 0 Å². The number of benzene rings is 2. The lowest BCUT2D eigenvalue weighted by atomic mass is 10.1. The summed E-state index contributed by atoms with van der Waals surface area (Å²) in [6.45, 7) is 0.0549. The van der Waals surface area contributed by atoms with Gasteiger partial charge < -0.3 is 0 Å². The molecule has 1 heterocycles. The van der Waals surface area contributed by atoms with E-state index >= 15 is 0 Å². The van der Waals surface area contributed by atoms with Gasteiger partial charge in [0.15, 0.2) is 0 Å². The van der Waals surface area contributed by atoms with Gasteiger partial charge in [0.2, 0.25) is 0 Å². The molecule has 108 valence electrons. The molecule has 1 aliphatic rings. The Morgan fingerprint density at radius 3 is 2.48 bits per heavy atom. The van der Waals surface area contributed by atoms with Gasteiger partial charge in [0.05, 0.1) is 17.8 Å². The third kappa shape index (κ3) is 2.48. The second kappa shape index (κ2) is 5.05. The molecule has 0 fully saturated rings. The first kappa shape index (κ1) is 13.9. The molecule has 21 heavy (non-hydrogen) atoms. The van der Waals surface area contributed by atoms with Crippen LogP contribution in [0.1, 0.15) is 15.9 Å². The predicted octanol–water partition coefficient (Wildman–Crippen LogP) is 2.33.